The first kappa shape index (κ1) is 19.7. The van der Waals surface area contributed by atoms with E-state index in [1.807, 2.05) is 12.1 Å². The van der Waals surface area contributed by atoms with Gasteiger partial charge in [0, 0.05) is 0 Å². The number of hydrogen-bond acceptors (Lipinski definition) is 1. The van der Waals surface area contributed by atoms with Crippen LogP contribution in [0, 0.1) is 0 Å². The zero-order chi connectivity index (χ0) is 20.1. The predicted molar refractivity (Wildman–Crippen MR) is 128 cm³/mol. The van der Waals surface area contributed by atoms with Crippen LogP contribution in [0.15, 0.2) is 109 Å². The molecular formula is C26H24ClOP. The standard InChI is InChI=1S/C26H24ClOP/c1-28-22-17-18-26(27)21(19-22)20-29(23-11-5-2-6-12-23,24-13-7-3-8-14-24)25-15-9-4-10-16-25/h2-19,29H,20H2,1H3. The second kappa shape index (κ2) is 8.82. The van der Waals surface area contributed by atoms with Crippen molar-refractivity contribution in [2.24, 2.45) is 0 Å². The third-order valence-corrected chi connectivity index (χ3v) is 10.7. The monoisotopic (exact) mass is 418 g/mol. The first-order chi connectivity index (χ1) is 14.2. The van der Waals surface area contributed by atoms with E-state index in [1.54, 1.807) is 7.11 Å². The topological polar surface area (TPSA) is 9.23 Å². The second-order valence-corrected chi connectivity index (χ2v) is 11.4. The Labute approximate surface area is 178 Å². The molecule has 4 aromatic rings. The maximum atomic E-state index is 6.69. The minimum absolute atomic E-state index is 0.783. The number of methoxy groups -OCH3 is 1. The summed E-state index contributed by atoms with van der Waals surface area (Å²) >= 11 is 6.69. The molecule has 0 atom stereocenters. The van der Waals surface area contributed by atoms with Crippen molar-refractivity contribution in [1.29, 1.82) is 0 Å². The average molecular weight is 419 g/mol. The number of halogens is 1. The van der Waals surface area contributed by atoms with E-state index in [0.29, 0.717) is 0 Å². The number of benzene rings is 4. The molecule has 0 radical (unpaired) electrons. The van der Waals surface area contributed by atoms with Crippen LogP contribution >= 0.6 is 18.9 Å². The van der Waals surface area contributed by atoms with Crippen LogP contribution in [0.5, 0.6) is 5.75 Å². The molecule has 0 saturated heterocycles. The van der Waals surface area contributed by atoms with Gasteiger partial charge < -0.3 is 0 Å². The van der Waals surface area contributed by atoms with E-state index in [4.69, 9.17) is 16.3 Å². The van der Waals surface area contributed by atoms with Crippen molar-refractivity contribution < 1.29 is 4.74 Å². The molecule has 29 heavy (non-hydrogen) atoms. The van der Waals surface area contributed by atoms with Crippen molar-refractivity contribution in [3.63, 3.8) is 0 Å². The van der Waals surface area contributed by atoms with E-state index in [9.17, 15) is 0 Å². The normalized spacial score (nSPS) is 11.8. The van der Waals surface area contributed by atoms with Crippen LogP contribution in [0.25, 0.3) is 0 Å². The van der Waals surface area contributed by atoms with E-state index in [0.717, 1.165) is 22.5 Å². The molecular weight excluding hydrogens is 395 g/mol. The van der Waals surface area contributed by atoms with Gasteiger partial charge in [-0.25, -0.2) is 0 Å². The predicted octanol–water partition coefficient (Wildman–Crippen LogP) is 5.58. The molecule has 0 heterocycles. The van der Waals surface area contributed by atoms with Gasteiger partial charge in [0.25, 0.3) is 0 Å². The fraction of sp³-hybridized carbons (Fsp3) is 0.0769. The van der Waals surface area contributed by atoms with Gasteiger partial charge in [-0.05, 0) is 0 Å². The Balaban J connectivity index is 2.01. The summed E-state index contributed by atoms with van der Waals surface area (Å²) in [5.74, 6) is 0.835. The Morgan fingerprint density at radius 2 is 1.10 bits per heavy atom. The molecule has 0 amide bonds. The minimum atomic E-state index is -2.37. The van der Waals surface area contributed by atoms with Crippen LogP contribution in [0.3, 0.4) is 0 Å². The molecule has 4 aromatic carbocycles. The Kier molecular flexibility index (Phi) is 6.00. The number of rotatable bonds is 6. The van der Waals surface area contributed by atoms with Crippen molar-refractivity contribution in [2.75, 3.05) is 7.11 Å². The summed E-state index contributed by atoms with van der Waals surface area (Å²) in [6.07, 6.45) is 0.862. The van der Waals surface area contributed by atoms with E-state index < -0.39 is 7.26 Å². The van der Waals surface area contributed by atoms with Crippen molar-refractivity contribution in [1.82, 2.24) is 0 Å². The summed E-state index contributed by atoms with van der Waals surface area (Å²) in [4.78, 5) is 0. The molecule has 0 fully saturated rings. The molecule has 4 rings (SSSR count). The molecule has 0 aliphatic rings. The van der Waals surface area contributed by atoms with Gasteiger partial charge in [0.15, 0.2) is 0 Å². The van der Waals surface area contributed by atoms with Crippen molar-refractivity contribution in [2.45, 2.75) is 6.16 Å². The first-order valence-corrected chi connectivity index (χ1v) is 12.3. The summed E-state index contributed by atoms with van der Waals surface area (Å²) in [5, 5.41) is 4.90. The zero-order valence-electron chi connectivity index (χ0n) is 16.4. The molecule has 3 heteroatoms. The van der Waals surface area contributed by atoms with Gasteiger partial charge in [0.1, 0.15) is 0 Å². The molecule has 0 unspecified atom stereocenters. The number of ether oxygens (including phenoxy) is 1. The average Bonchev–Trinajstić information content (AvgIpc) is 2.80. The van der Waals surface area contributed by atoms with Gasteiger partial charge in [-0.15, -0.1) is 0 Å². The van der Waals surface area contributed by atoms with Gasteiger partial charge in [-0.3, -0.25) is 0 Å². The van der Waals surface area contributed by atoms with Crippen LogP contribution in [-0.2, 0) is 6.16 Å². The summed E-state index contributed by atoms with van der Waals surface area (Å²) in [6.45, 7) is 0. The third-order valence-electron chi connectivity index (χ3n) is 5.51. The van der Waals surface area contributed by atoms with Crippen molar-refractivity contribution in [3.8, 4) is 5.75 Å². The third kappa shape index (κ3) is 3.94. The Hall–Kier alpha value is -2.60. The van der Waals surface area contributed by atoms with Crippen molar-refractivity contribution in [3.05, 3.63) is 120 Å². The summed E-state index contributed by atoms with van der Waals surface area (Å²) in [7, 11) is -0.674. The molecule has 0 aliphatic carbocycles. The molecule has 0 aromatic heterocycles. The molecule has 146 valence electrons. The van der Waals surface area contributed by atoms with Gasteiger partial charge >= 0.3 is 178 Å². The van der Waals surface area contributed by atoms with Gasteiger partial charge in [-0.2, -0.15) is 0 Å². The first-order valence-electron chi connectivity index (χ1n) is 9.73. The van der Waals surface area contributed by atoms with Crippen LogP contribution in [0.4, 0.5) is 0 Å². The summed E-state index contributed by atoms with van der Waals surface area (Å²) in [5.41, 5.74) is 1.12. The molecule has 1 nitrogen and oxygen atoms in total. The molecule has 0 bridgehead atoms. The van der Waals surface area contributed by atoms with E-state index >= 15 is 0 Å². The maximum absolute atomic E-state index is 6.69. The van der Waals surface area contributed by atoms with E-state index in [-0.39, 0.29) is 0 Å². The van der Waals surface area contributed by atoms with Crippen LogP contribution in [0.1, 0.15) is 5.56 Å². The summed E-state index contributed by atoms with van der Waals surface area (Å²) < 4.78 is 5.50. The Morgan fingerprint density at radius 1 is 0.655 bits per heavy atom. The van der Waals surface area contributed by atoms with Crippen LogP contribution in [0.2, 0.25) is 5.02 Å². The zero-order valence-corrected chi connectivity index (χ0v) is 18.1. The van der Waals surface area contributed by atoms with Gasteiger partial charge in [0.2, 0.25) is 0 Å². The van der Waals surface area contributed by atoms with E-state index in [1.165, 1.54) is 15.9 Å². The van der Waals surface area contributed by atoms with Crippen molar-refractivity contribution >= 4 is 34.8 Å². The Morgan fingerprint density at radius 3 is 1.52 bits per heavy atom. The van der Waals surface area contributed by atoms with Crippen LogP contribution in [-0.4, -0.2) is 7.11 Å². The molecule has 0 aliphatic heterocycles. The Bertz CT molecular complexity index is 969. The van der Waals surface area contributed by atoms with Crippen LogP contribution < -0.4 is 20.7 Å². The van der Waals surface area contributed by atoms with Gasteiger partial charge in [-0.1, -0.05) is 0 Å². The second-order valence-electron chi connectivity index (χ2n) is 7.14. The van der Waals surface area contributed by atoms with E-state index in [2.05, 4.69) is 97.1 Å². The molecule has 0 N–H and O–H groups in total. The SMILES string of the molecule is COc1ccc(Cl)c(C[PH](c2ccccc2)(c2ccccc2)c2ccccc2)c1. The van der Waals surface area contributed by atoms with Gasteiger partial charge in [0.05, 0.1) is 0 Å². The molecule has 0 saturated carbocycles. The summed E-state index contributed by atoms with van der Waals surface area (Å²) in [6, 6.07) is 38.6. The molecule has 0 spiro atoms. The quantitative estimate of drug-likeness (QED) is 0.372. The fourth-order valence-corrected chi connectivity index (χ4v) is 9.13. The number of hydrogen-bond donors (Lipinski definition) is 0. The fourth-order valence-electron chi connectivity index (χ4n) is 4.07.